The van der Waals surface area contributed by atoms with Crippen molar-refractivity contribution in [1.29, 1.82) is 0 Å². The number of likely N-dealkylation sites (tertiary alicyclic amines) is 1. The maximum absolute atomic E-state index is 11.7. The SMILES string of the molecule is Cc1csc(C(c2ccc(C)s2)N2CCCCC2C(=O)O)c1. The molecule has 5 heteroatoms. The van der Waals surface area contributed by atoms with Gasteiger partial charge in [0, 0.05) is 14.6 Å². The van der Waals surface area contributed by atoms with Gasteiger partial charge in [-0.3, -0.25) is 9.69 Å². The number of hydrogen-bond donors (Lipinski definition) is 1. The smallest absolute Gasteiger partial charge is 0.320 e. The lowest BCUT2D eigenvalue weighted by atomic mass is 9.98. The predicted molar refractivity (Wildman–Crippen MR) is 91.9 cm³/mol. The van der Waals surface area contributed by atoms with Crippen molar-refractivity contribution in [3.8, 4) is 0 Å². The summed E-state index contributed by atoms with van der Waals surface area (Å²) in [5.41, 5.74) is 1.25. The number of rotatable bonds is 4. The van der Waals surface area contributed by atoms with E-state index in [1.54, 1.807) is 22.7 Å². The van der Waals surface area contributed by atoms with Gasteiger partial charge in [-0.15, -0.1) is 22.7 Å². The third-order valence-electron chi connectivity index (χ3n) is 4.21. The average Bonchev–Trinajstić information content (AvgIpc) is 3.09. The van der Waals surface area contributed by atoms with Gasteiger partial charge in [-0.05, 0) is 62.4 Å². The lowest BCUT2D eigenvalue weighted by Gasteiger charge is -2.38. The van der Waals surface area contributed by atoms with Crippen molar-refractivity contribution in [1.82, 2.24) is 4.90 Å². The summed E-state index contributed by atoms with van der Waals surface area (Å²) >= 11 is 3.52. The molecular formula is C17H21NO2S2. The molecule has 2 aromatic heterocycles. The molecule has 0 amide bonds. The Morgan fingerprint density at radius 3 is 2.73 bits per heavy atom. The lowest BCUT2D eigenvalue weighted by Crippen LogP contribution is -2.46. The molecule has 1 N–H and O–H groups in total. The van der Waals surface area contributed by atoms with Crippen LogP contribution in [0.3, 0.4) is 0 Å². The molecule has 2 aromatic rings. The molecule has 0 aromatic carbocycles. The minimum Gasteiger partial charge on any atom is -0.480 e. The zero-order chi connectivity index (χ0) is 15.7. The fraction of sp³-hybridized carbons (Fsp3) is 0.471. The van der Waals surface area contributed by atoms with Crippen molar-refractivity contribution in [2.75, 3.05) is 6.54 Å². The zero-order valence-corrected chi connectivity index (χ0v) is 14.5. The Morgan fingerprint density at radius 2 is 2.14 bits per heavy atom. The van der Waals surface area contributed by atoms with Gasteiger partial charge in [-0.2, -0.15) is 0 Å². The summed E-state index contributed by atoms with van der Waals surface area (Å²) in [6.07, 6.45) is 2.84. The van der Waals surface area contributed by atoms with E-state index in [1.165, 1.54) is 20.2 Å². The maximum Gasteiger partial charge on any atom is 0.320 e. The molecule has 0 bridgehead atoms. The minimum atomic E-state index is -0.689. The van der Waals surface area contributed by atoms with Crippen LogP contribution >= 0.6 is 22.7 Å². The first kappa shape index (κ1) is 15.7. The van der Waals surface area contributed by atoms with Gasteiger partial charge in [0.05, 0.1) is 6.04 Å². The third-order valence-corrected chi connectivity index (χ3v) is 6.37. The summed E-state index contributed by atoms with van der Waals surface area (Å²) in [5.74, 6) is -0.689. The van der Waals surface area contributed by atoms with Crippen LogP contribution in [0, 0.1) is 13.8 Å². The molecule has 1 aliphatic rings. The van der Waals surface area contributed by atoms with Crippen LogP contribution in [-0.2, 0) is 4.79 Å². The van der Waals surface area contributed by atoms with E-state index >= 15 is 0 Å². The normalized spacial score (nSPS) is 20.9. The van der Waals surface area contributed by atoms with Gasteiger partial charge in [0.2, 0.25) is 0 Å². The largest absolute Gasteiger partial charge is 0.480 e. The van der Waals surface area contributed by atoms with Crippen molar-refractivity contribution >= 4 is 28.6 Å². The quantitative estimate of drug-likeness (QED) is 0.897. The Bertz CT molecular complexity index is 621. The molecule has 1 fully saturated rings. The number of carboxylic acid groups (broad SMARTS) is 1. The fourth-order valence-corrected chi connectivity index (χ4v) is 5.32. The van der Waals surface area contributed by atoms with Crippen LogP contribution in [-0.4, -0.2) is 28.6 Å². The highest BCUT2D eigenvalue weighted by molar-refractivity contribution is 7.13. The van der Waals surface area contributed by atoms with Gasteiger partial charge in [0.15, 0.2) is 0 Å². The highest BCUT2D eigenvalue weighted by Crippen LogP contribution is 2.39. The first-order chi connectivity index (χ1) is 10.6. The van der Waals surface area contributed by atoms with E-state index in [2.05, 4.69) is 42.3 Å². The molecule has 22 heavy (non-hydrogen) atoms. The highest BCUT2D eigenvalue weighted by Gasteiger charge is 2.36. The van der Waals surface area contributed by atoms with E-state index < -0.39 is 5.97 Å². The summed E-state index contributed by atoms with van der Waals surface area (Å²) in [6.45, 7) is 5.06. The van der Waals surface area contributed by atoms with E-state index in [0.29, 0.717) is 0 Å². The topological polar surface area (TPSA) is 40.5 Å². The van der Waals surface area contributed by atoms with Crippen LogP contribution < -0.4 is 0 Å². The van der Waals surface area contributed by atoms with Crippen LogP contribution in [0.5, 0.6) is 0 Å². The number of hydrogen-bond acceptors (Lipinski definition) is 4. The van der Waals surface area contributed by atoms with Crippen LogP contribution in [0.15, 0.2) is 23.6 Å². The number of aliphatic carboxylic acids is 1. The van der Waals surface area contributed by atoms with E-state index in [1.807, 2.05) is 0 Å². The van der Waals surface area contributed by atoms with Crippen molar-refractivity contribution < 1.29 is 9.90 Å². The second kappa shape index (κ2) is 6.52. The van der Waals surface area contributed by atoms with Crippen molar-refractivity contribution in [2.24, 2.45) is 0 Å². The van der Waals surface area contributed by atoms with E-state index in [0.717, 1.165) is 25.8 Å². The van der Waals surface area contributed by atoms with Gasteiger partial charge in [-0.25, -0.2) is 0 Å². The second-order valence-corrected chi connectivity index (χ2v) is 8.23. The molecule has 0 aliphatic carbocycles. The molecule has 2 unspecified atom stereocenters. The van der Waals surface area contributed by atoms with Crippen LogP contribution in [0.2, 0.25) is 0 Å². The number of carbonyl (C=O) groups is 1. The number of carboxylic acids is 1. The highest BCUT2D eigenvalue weighted by atomic mass is 32.1. The van der Waals surface area contributed by atoms with Gasteiger partial charge < -0.3 is 5.11 Å². The number of nitrogens with zero attached hydrogens (tertiary/aromatic N) is 1. The Labute approximate surface area is 139 Å². The summed E-state index contributed by atoms with van der Waals surface area (Å²) in [6, 6.07) is 6.21. The van der Waals surface area contributed by atoms with E-state index in [4.69, 9.17) is 0 Å². The number of aryl methyl sites for hydroxylation is 2. The third kappa shape index (κ3) is 3.12. The van der Waals surface area contributed by atoms with Crippen LogP contribution in [0.4, 0.5) is 0 Å². The molecule has 1 aliphatic heterocycles. The minimum absolute atomic E-state index is 0.0822. The number of thiophene rings is 2. The zero-order valence-electron chi connectivity index (χ0n) is 12.9. The Kier molecular flexibility index (Phi) is 4.66. The summed E-state index contributed by atoms with van der Waals surface area (Å²) in [7, 11) is 0. The lowest BCUT2D eigenvalue weighted by molar-refractivity contribution is -0.145. The summed E-state index contributed by atoms with van der Waals surface area (Å²) in [5, 5.41) is 11.8. The molecule has 2 atom stereocenters. The maximum atomic E-state index is 11.7. The van der Waals surface area contributed by atoms with Gasteiger partial charge >= 0.3 is 5.97 Å². The van der Waals surface area contributed by atoms with Crippen molar-refractivity contribution in [3.05, 3.63) is 43.8 Å². The molecule has 0 spiro atoms. The first-order valence-corrected chi connectivity index (χ1v) is 9.36. The average molecular weight is 335 g/mol. The molecule has 1 saturated heterocycles. The van der Waals surface area contributed by atoms with Crippen LogP contribution in [0.1, 0.15) is 45.5 Å². The molecule has 3 rings (SSSR count). The molecule has 118 valence electrons. The van der Waals surface area contributed by atoms with Crippen LogP contribution in [0.25, 0.3) is 0 Å². The van der Waals surface area contributed by atoms with Gasteiger partial charge in [-0.1, -0.05) is 6.42 Å². The van der Waals surface area contributed by atoms with Crippen molar-refractivity contribution in [3.63, 3.8) is 0 Å². The molecule has 3 nitrogen and oxygen atoms in total. The van der Waals surface area contributed by atoms with Crippen molar-refractivity contribution in [2.45, 2.75) is 45.2 Å². The molecule has 0 saturated carbocycles. The molecule has 0 radical (unpaired) electrons. The standard InChI is InChI=1S/C17H21NO2S2/c1-11-9-15(21-10-11)16(14-7-6-12(2)22-14)18-8-4-3-5-13(18)17(19)20/h6-7,9-10,13,16H,3-5,8H2,1-2H3,(H,19,20). The monoisotopic (exact) mass is 335 g/mol. The summed E-state index contributed by atoms with van der Waals surface area (Å²) in [4.78, 5) is 17.7. The second-order valence-electron chi connectivity index (χ2n) is 5.97. The first-order valence-electron chi connectivity index (χ1n) is 7.66. The number of piperidine rings is 1. The van der Waals surface area contributed by atoms with Gasteiger partial charge in [0.1, 0.15) is 6.04 Å². The van der Waals surface area contributed by atoms with E-state index in [-0.39, 0.29) is 12.1 Å². The Balaban J connectivity index is 2.02. The molecule has 3 heterocycles. The summed E-state index contributed by atoms with van der Waals surface area (Å²) < 4.78 is 0. The van der Waals surface area contributed by atoms with E-state index in [9.17, 15) is 9.90 Å². The predicted octanol–water partition coefficient (Wildman–Crippen LogP) is 4.45. The molecular weight excluding hydrogens is 314 g/mol. The fourth-order valence-electron chi connectivity index (χ4n) is 3.19. The Morgan fingerprint density at radius 1 is 1.32 bits per heavy atom. The Hall–Kier alpha value is -1.17. The van der Waals surface area contributed by atoms with Gasteiger partial charge in [0.25, 0.3) is 0 Å².